The highest BCUT2D eigenvalue weighted by Crippen LogP contribution is 2.10. The molecule has 2 aromatic carbocycles. The first kappa shape index (κ1) is 15.9. The lowest BCUT2D eigenvalue weighted by Crippen LogP contribution is -2.27. The molecule has 0 aliphatic heterocycles. The molecule has 0 bridgehead atoms. The van der Waals surface area contributed by atoms with E-state index in [4.69, 9.17) is 0 Å². The standard InChI is InChI=1S/C19H18FN3O/c1-14-11-21-19(22-12-15-5-3-2-4-6-15)23(18(14)24)13-16-7-9-17(20)10-8-16/h2-11H,12-13H2,1H3,(H,21,22). The maximum atomic E-state index is 13.1. The van der Waals surface area contributed by atoms with Gasteiger partial charge in [-0.2, -0.15) is 0 Å². The Morgan fingerprint density at radius 2 is 1.75 bits per heavy atom. The third-order valence-corrected chi connectivity index (χ3v) is 3.77. The minimum atomic E-state index is -0.295. The van der Waals surface area contributed by atoms with Gasteiger partial charge in [-0.1, -0.05) is 42.5 Å². The van der Waals surface area contributed by atoms with Gasteiger partial charge in [0.2, 0.25) is 5.95 Å². The van der Waals surface area contributed by atoms with Crippen molar-refractivity contribution in [1.82, 2.24) is 9.55 Å². The van der Waals surface area contributed by atoms with Gasteiger partial charge < -0.3 is 5.32 Å². The Labute approximate surface area is 139 Å². The molecule has 0 atom stereocenters. The van der Waals surface area contributed by atoms with Crippen molar-refractivity contribution in [2.45, 2.75) is 20.0 Å². The molecule has 4 nitrogen and oxygen atoms in total. The maximum absolute atomic E-state index is 13.1. The van der Waals surface area contributed by atoms with Crippen LogP contribution in [0.15, 0.2) is 65.6 Å². The maximum Gasteiger partial charge on any atom is 0.258 e. The van der Waals surface area contributed by atoms with E-state index in [0.29, 0.717) is 24.6 Å². The van der Waals surface area contributed by atoms with Crippen LogP contribution in [0.3, 0.4) is 0 Å². The van der Waals surface area contributed by atoms with Crippen molar-refractivity contribution in [2.75, 3.05) is 5.32 Å². The number of halogens is 1. The molecule has 122 valence electrons. The van der Waals surface area contributed by atoms with Crippen molar-refractivity contribution in [3.8, 4) is 0 Å². The number of benzene rings is 2. The Balaban J connectivity index is 1.87. The summed E-state index contributed by atoms with van der Waals surface area (Å²) in [4.78, 5) is 16.8. The summed E-state index contributed by atoms with van der Waals surface area (Å²) in [7, 11) is 0. The van der Waals surface area contributed by atoms with Gasteiger partial charge >= 0.3 is 0 Å². The molecule has 0 spiro atoms. The van der Waals surface area contributed by atoms with E-state index in [1.165, 1.54) is 12.1 Å². The highest BCUT2D eigenvalue weighted by atomic mass is 19.1. The van der Waals surface area contributed by atoms with Gasteiger partial charge in [-0.05, 0) is 30.2 Å². The second-order valence-corrected chi connectivity index (χ2v) is 5.62. The third-order valence-electron chi connectivity index (χ3n) is 3.77. The van der Waals surface area contributed by atoms with Gasteiger partial charge in [0.15, 0.2) is 0 Å². The van der Waals surface area contributed by atoms with Crippen LogP contribution < -0.4 is 10.9 Å². The Morgan fingerprint density at radius 1 is 1.04 bits per heavy atom. The monoisotopic (exact) mass is 323 g/mol. The Morgan fingerprint density at radius 3 is 2.46 bits per heavy atom. The Hall–Kier alpha value is -2.95. The predicted molar refractivity (Wildman–Crippen MR) is 92.5 cm³/mol. The van der Waals surface area contributed by atoms with Crippen LogP contribution in [0.2, 0.25) is 0 Å². The topological polar surface area (TPSA) is 46.9 Å². The van der Waals surface area contributed by atoms with Gasteiger partial charge in [-0.3, -0.25) is 9.36 Å². The molecule has 0 aliphatic rings. The summed E-state index contributed by atoms with van der Waals surface area (Å²) in [5.41, 5.74) is 2.40. The van der Waals surface area contributed by atoms with Crippen molar-refractivity contribution in [2.24, 2.45) is 0 Å². The molecule has 0 saturated heterocycles. The summed E-state index contributed by atoms with van der Waals surface area (Å²) < 4.78 is 14.6. The van der Waals surface area contributed by atoms with E-state index in [9.17, 15) is 9.18 Å². The molecule has 0 unspecified atom stereocenters. The summed E-state index contributed by atoms with van der Waals surface area (Å²) in [5.74, 6) is 0.203. The predicted octanol–water partition coefficient (Wildman–Crippen LogP) is 3.35. The lowest BCUT2D eigenvalue weighted by Gasteiger charge is -2.14. The van der Waals surface area contributed by atoms with Gasteiger partial charge in [0.05, 0.1) is 6.54 Å². The van der Waals surface area contributed by atoms with Crippen LogP contribution in [0.5, 0.6) is 0 Å². The van der Waals surface area contributed by atoms with Crippen LogP contribution in [-0.2, 0) is 13.1 Å². The SMILES string of the molecule is Cc1cnc(NCc2ccccc2)n(Cc2ccc(F)cc2)c1=O. The van der Waals surface area contributed by atoms with Crippen molar-refractivity contribution < 1.29 is 4.39 Å². The molecule has 1 N–H and O–H groups in total. The molecule has 0 radical (unpaired) electrons. The molecule has 1 heterocycles. The van der Waals surface area contributed by atoms with Gasteiger partial charge in [0, 0.05) is 18.3 Å². The van der Waals surface area contributed by atoms with Gasteiger partial charge in [0.1, 0.15) is 5.82 Å². The van der Waals surface area contributed by atoms with E-state index >= 15 is 0 Å². The molecular formula is C19H18FN3O. The fourth-order valence-corrected chi connectivity index (χ4v) is 2.43. The lowest BCUT2D eigenvalue weighted by molar-refractivity contribution is 0.626. The summed E-state index contributed by atoms with van der Waals surface area (Å²) in [6.07, 6.45) is 1.57. The third kappa shape index (κ3) is 3.68. The number of aryl methyl sites for hydroxylation is 1. The number of anilines is 1. The minimum Gasteiger partial charge on any atom is -0.351 e. The number of hydrogen-bond acceptors (Lipinski definition) is 3. The zero-order valence-electron chi connectivity index (χ0n) is 13.4. The number of rotatable bonds is 5. The van der Waals surface area contributed by atoms with Crippen LogP contribution in [0, 0.1) is 12.7 Å². The van der Waals surface area contributed by atoms with Gasteiger partial charge in [-0.15, -0.1) is 0 Å². The average molecular weight is 323 g/mol. The molecule has 5 heteroatoms. The molecule has 0 amide bonds. The quantitative estimate of drug-likeness (QED) is 0.783. The highest BCUT2D eigenvalue weighted by molar-refractivity contribution is 5.31. The minimum absolute atomic E-state index is 0.107. The highest BCUT2D eigenvalue weighted by Gasteiger charge is 2.09. The smallest absolute Gasteiger partial charge is 0.258 e. The molecule has 0 fully saturated rings. The second-order valence-electron chi connectivity index (χ2n) is 5.62. The second kappa shape index (κ2) is 7.08. The number of nitrogens with zero attached hydrogens (tertiary/aromatic N) is 2. The van der Waals surface area contributed by atoms with Crippen LogP contribution >= 0.6 is 0 Å². The first-order chi connectivity index (χ1) is 11.6. The molecule has 1 aromatic heterocycles. The zero-order chi connectivity index (χ0) is 16.9. The van der Waals surface area contributed by atoms with Crippen LogP contribution in [-0.4, -0.2) is 9.55 Å². The van der Waals surface area contributed by atoms with Crippen molar-refractivity contribution >= 4 is 5.95 Å². The summed E-state index contributed by atoms with van der Waals surface area (Å²) in [6, 6.07) is 16.0. The summed E-state index contributed by atoms with van der Waals surface area (Å²) in [6.45, 7) is 2.64. The molecular weight excluding hydrogens is 305 g/mol. The lowest BCUT2D eigenvalue weighted by atomic mass is 10.2. The molecule has 24 heavy (non-hydrogen) atoms. The zero-order valence-corrected chi connectivity index (χ0v) is 13.4. The Kier molecular flexibility index (Phi) is 4.70. The van der Waals surface area contributed by atoms with Crippen LogP contribution in [0.1, 0.15) is 16.7 Å². The van der Waals surface area contributed by atoms with Gasteiger partial charge in [0.25, 0.3) is 5.56 Å². The normalized spacial score (nSPS) is 10.6. The fourth-order valence-electron chi connectivity index (χ4n) is 2.43. The first-order valence-electron chi connectivity index (χ1n) is 7.72. The van der Waals surface area contributed by atoms with E-state index in [1.807, 2.05) is 30.3 Å². The van der Waals surface area contributed by atoms with E-state index in [0.717, 1.165) is 11.1 Å². The van der Waals surface area contributed by atoms with Gasteiger partial charge in [-0.25, -0.2) is 9.37 Å². The Bertz CT molecular complexity index is 873. The fraction of sp³-hybridized carbons (Fsp3) is 0.158. The van der Waals surface area contributed by atoms with Crippen LogP contribution in [0.4, 0.5) is 10.3 Å². The summed E-state index contributed by atoms with van der Waals surface area (Å²) in [5, 5.41) is 3.21. The first-order valence-corrected chi connectivity index (χ1v) is 7.72. The summed E-state index contributed by atoms with van der Waals surface area (Å²) >= 11 is 0. The van der Waals surface area contributed by atoms with E-state index in [-0.39, 0.29) is 11.4 Å². The van der Waals surface area contributed by atoms with Crippen LogP contribution in [0.25, 0.3) is 0 Å². The van der Waals surface area contributed by atoms with E-state index in [1.54, 1.807) is 29.8 Å². The number of aromatic nitrogens is 2. The van der Waals surface area contributed by atoms with E-state index in [2.05, 4.69) is 10.3 Å². The number of nitrogens with one attached hydrogen (secondary N) is 1. The largest absolute Gasteiger partial charge is 0.351 e. The molecule has 3 aromatic rings. The van der Waals surface area contributed by atoms with Crippen molar-refractivity contribution in [3.05, 3.63) is 93.7 Å². The number of hydrogen-bond donors (Lipinski definition) is 1. The van der Waals surface area contributed by atoms with E-state index < -0.39 is 0 Å². The van der Waals surface area contributed by atoms with Crippen molar-refractivity contribution in [1.29, 1.82) is 0 Å². The molecule has 0 aliphatic carbocycles. The van der Waals surface area contributed by atoms with Crippen molar-refractivity contribution in [3.63, 3.8) is 0 Å². The molecule has 0 saturated carbocycles. The molecule has 3 rings (SSSR count). The average Bonchev–Trinajstić information content (AvgIpc) is 2.61.